The van der Waals surface area contributed by atoms with Gasteiger partial charge in [-0.15, -0.1) is 0 Å². The van der Waals surface area contributed by atoms with E-state index >= 15 is 0 Å². The second-order valence-electron chi connectivity index (χ2n) is 1.89. The van der Waals surface area contributed by atoms with Crippen molar-refractivity contribution in [1.29, 1.82) is 0 Å². The first kappa shape index (κ1) is 8.68. The standard InChI is InChI=1S/C6H7O3PS/c7-10(8,11)9-6-4-2-1-3-5-6/h1-5H,(H2,7,8,11). The van der Waals surface area contributed by atoms with E-state index in [1.807, 2.05) is 0 Å². The number of benzene rings is 1. The smallest absolute Gasteiger partial charge is 0.375 e. The Morgan fingerprint density at radius 1 is 1.18 bits per heavy atom. The summed E-state index contributed by atoms with van der Waals surface area (Å²) in [6.07, 6.45) is 0. The van der Waals surface area contributed by atoms with Gasteiger partial charge >= 0.3 is 6.72 Å². The van der Waals surface area contributed by atoms with E-state index in [4.69, 9.17) is 9.79 Å². The minimum Gasteiger partial charge on any atom is -0.424 e. The molecule has 1 aromatic rings. The normalized spacial score (nSPS) is 11.1. The Kier molecular flexibility index (Phi) is 2.62. The third-order valence-electron chi connectivity index (χ3n) is 0.968. The summed E-state index contributed by atoms with van der Waals surface area (Å²) in [5.41, 5.74) is 0. The lowest BCUT2D eigenvalue weighted by Gasteiger charge is -2.08. The molecule has 0 aromatic heterocycles. The van der Waals surface area contributed by atoms with Gasteiger partial charge in [-0.25, -0.2) is 0 Å². The Bertz CT molecular complexity index is 268. The molecule has 0 aliphatic rings. The minimum atomic E-state index is -3.55. The van der Waals surface area contributed by atoms with Gasteiger partial charge < -0.3 is 14.3 Å². The SMILES string of the molecule is OP(O)(=S)Oc1ccccc1. The second-order valence-corrected chi connectivity index (χ2v) is 4.49. The van der Waals surface area contributed by atoms with Crippen LogP contribution in [0.25, 0.3) is 0 Å². The van der Waals surface area contributed by atoms with Crippen molar-refractivity contribution in [2.75, 3.05) is 0 Å². The third-order valence-corrected chi connectivity index (χ3v) is 1.64. The molecule has 0 heterocycles. The van der Waals surface area contributed by atoms with E-state index in [0.717, 1.165) is 0 Å². The van der Waals surface area contributed by atoms with Crippen molar-refractivity contribution < 1.29 is 14.3 Å². The molecular formula is C6H7O3PS. The summed E-state index contributed by atoms with van der Waals surface area (Å²) in [5.74, 6) is 0.376. The maximum Gasteiger partial charge on any atom is 0.375 e. The highest BCUT2D eigenvalue weighted by atomic mass is 32.5. The molecule has 0 unspecified atom stereocenters. The maximum atomic E-state index is 8.73. The average Bonchev–Trinajstić information content (AvgIpc) is 1.85. The maximum absolute atomic E-state index is 8.73. The first-order valence-electron chi connectivity index (χ1n) is 2.88. The van der Waals surface area contributed by atoms with Crippen LogP contribution in [0.15, 0.2) is 30.3 Å². The van der Waals surface area contributed by atoms with Gasteiger partial charge in [0, 0.05) is 11.8 Å². The van der Waals surface area contributed by atoms with Crippen LogP contribution < -0.4 is 4.52 Å². The fourth-order valence-electron chi connectivity index (χ4n) is 0.619. The molecule has 5 heteroatoms. The summed E-state index contributed by atoms with van der Waals surface area (Å²) >= 11 is 4.27. The molecule has 60 valence electrons. The van der Waals surface area contributed by atoms with Crippen LogP contribution in [-0.4, -0.2) is 9.79 Å². The average molecular weight is 190 g/mol. The van der Waals surface area contributed by atoms with Crippen molar-refractivity contribution in [1.82, 2.24) is 0 Å². The van der Waals surface area contributed by atoms with Gasteiger partial charge in [-0.05, 0) is 12.1 Å². The monoisotopic (exact) mass is 190 g/mol. The molecule has 0 aliphatic carbocycles. The van der Waals surface area contributed by atoms with Crippen molar-refractivity contribution in [2.45, 2.75) is 0 Å². The number of hydrogen-bond acceptors (Lipinski definition) is 2. The predicted octanol–water partition coefficient (Wildman–Crippen LogP) is 1.27. The molecule has 0 saturated carbocycles. The summed E-state index contributed by atoms with van der Waals surface area (Å²) < 4.78 is 4.64. The van der Waals surface area contributed by atoms with Crippen LogP contribution in [0.5, 0.6) is 5.75 Å². The van der Waals surface area contributed by atoms with Crippen LogP contribution in [-0.2, 0) is 11.8 Å². The summed E-state index contributed by atoms with van der Waals surface area (Å²) in [6.45, 7) is -3.55. The van der Waals surface area contributed by atoms with E-state index in [0.29, 0.717) is 5.75 Å². The molecular weight excluding hydrogens is 183 g/mol. The van der Waals surface area contributed by atoms with Crippen molar-refractivity contribution >= 4 is 18.5 Å². The highest BCUT2D eigenvalue weighted by Crippen LogP contribution is 2.37. The molecule has 0 spiro atoms. The van der Waals surface area contributed by atoms with Crippen LogP contribution in [0.3, 0.4) is 0 Å². The molecule has 1 aromatic carbocycles. The van der Waals surface area contributed by atoms with E-state index < -0.39 is 6.72 Å². The van der Waals surface area contributed by atoms with Gasteiger partial charge in [0.05, 0.1) is 0 Å². The Morgan fingerprint density at radius 2 is 1.73 bits per heavy atom. The van der Waals surface area contributed by atoms with Gasteiger partial charge in [-0.1, -0.05) is 18.2 Å². The molecule has 0 amide bonds. The van der Waals surface area contributed by atoms with Crippen molar-refractivity contribution in [3.05, 3.63) is 30.3 Å². The van der Waals surface area contributed by atoms with Gasteiger partial charge in [0.15, 0.2) is 0 Å². The van der Waals surface area contributed by atoms with Gasteiger partial charge in [0.25, 0.3) is 0 Å². The van der Waals surface area contributed by atoms with Gasteiger partial charge in [0.1, 0.15) is 5.75 Å². The topological polar surface area (TPSA) is 49.7 Å². The van der Waals surface area contributed by atoms with E-state index in [1.165, 1.54) is 0 Å². The van der Waals surface area contributed by atoms with E-state index in [9.17, 15) is 0 Å². The van der Waals surface area contributed by atoms with E-state index in [2.05, 4.69) is 16.3 Å². The van der Waals surface area contributed by atoms with Crippen LogP contribution in [0.1, 0.15) is 0 Å². The first-order valence-corrected chi connectivity index (χ1v) is 5.51. The Labute approximate surface area is 69.5 Å². The number of hydrogen-bond donors (Lipinski definition) is 2. The molecule has 0 aliphatic heterocycles. The van der Waals surface area contributed by atoms with Crippen molar-refractivity contribution in [3.63, 3.8) is 0 Å². The zero-order chi connectivity index (χ0) is 8.32. The largest absolute Gasteiger partial charge is 0.424 e. The Hall–Kier alpha value is -0.410. The van der Waals surface area contributed by atoms with Crippen LogP contribution in [0, 0.1) is 0 Å². The van der Waals surface area contributed by atoms with Crippen molar-refractivity contribution in [2.24, 2.45) is 0 Å². The lowest BCUT2D eigenvalue weighted by molar-refractivity contribution is 0.370. The molecule has 0 bridgehead atoms. The third kappa shape index (κ3) is 3.49. The molecule has 0 radical (unpaired) electrons. The summed E-state index contributed by atoms with van der Waals surface area (Å²) in [7, 11) is 0. The Morgan fingerprint density at radius 3 is 2.18 bits per heavy atom. The molecule has 3 nitrogen and oxygen atoms in total. The minimum absolute atomic E-state index is 0.376. The second kappa shape index (κ2) is 3.32. The number of para-hydroxylation sites is 1. The molecule has 0 atom stereocenters. The fraction of sp³-hybridized carbons (Fsp3) is 0. The van der Waals surface area contributed by atoms with Crippen LogP contribution >= 0.6 is 6.72 Å². The number of rotatable bonds is 2. The van der Waals surface area contributed by atoms with Gasteiger partial charge in [-0.3, -0.25) is 0 Å². The van der Waals surface area contributed by atoms with Crippen LogP contribution in [0.2, 0.25) is 0 Å². The molecule has 0 fully saturated rings. The van der Waals surface area contributed by atoms with E-state index in [1.54, 1.807) is 30.3 Å². The highest BCUT2D eigenvalue weighted by Gasteiger charge is 2.08. The zero-order valence-corrected chi connectivity index (χ0v) is 7.26. The van der Waals surface area contributed by atoms with Gasteiger partial charge in [-0.2, -0.15) is 0 Å². The summed E-state index contributed by atoms with van der Waals surface area (Å²) in [5, 5.41) is 0. The Balaban J connectivity index is 2.74. The highest BCUT2D eigenvalue weighted by molar-refractivity contribution is 8.06. The van der Waals surface area contributed by atoms with E-state index in [-0.39, 0.29) is 0 Å². The summed E-state index contributed by atoms with van der Waals surface area (Å²) in [4.78, 5) is 17.5. The van der Waals surface area contributed by atoms with Crippen LogP contribution in [0.4, 0.5) is 0 Å². The molecule has 2 N–H and O–H groups in total. The lowest BCUT2D eigenvalue weighted by Crippen LogP contribution is -1.88. The summed E-state index contributed by atoms with van der Waals surface area (Å²) in [6, 6.07) is 8.45. The molecule has 11 heavy (non-hydrogen) atoms. The molecule has 1 rings (SSSR count). The fourth-order valence-corrected chi connectivity index (χ4v) is 1.27. The van der Waals surface area contributed by atoms with Crippen molar-refractivity contribution in [3.8, 4) is 5.75 Å². The predicted molar refractivity (Wildman–Crippen MR) is 45.8 cm³/mol. The molecule has 0 saturated heterocycles. The zero-order valence-electron chi connectivity index (χ0n) is 5.54. The lowest BCUT2D eigenvalue weighted by atomic mass is 10.3. The first-order chi connectivity index (χ1) is 5.08. The quantitative estimate of drug-likeness (QED) is 0.689. The van der Waals surface area contributed by atoms with Gasteiger partial charge in [0.2, 0.25) is 0 Å².